The predicted octanol–water partition coefficient (Wildman–Crippen LogP) is 3.25. The molecule has 0 radical (unpaired) electrons. The Hall–Kier alpha value is -2.77. The third-order valence-corrected chi connectivity index (χ3v) is 7.42. The third kappa shape index (κ3) is 4.14. The normalized spacial score (nSPS) is 15.8. The maximum Gasteiger partial charge on any atom is 0.534 e. The Labute approximate surface area is 186 Å². The summed E-state index contributed by atoms with van der Waals surface area (Å²) >= 11 is 6.07. The fraction of sp³-hybridized carbons (Fsp3) is 0.167. The van der Waals surface area contributed by atoms with Crippen LogP contribution in [0.3, 0.4) is 0 Å². The van der Waals surface area contributed by atoms with E-state index in [1.54, 1.807) is 6.07 Å². The van der Waals surface area contributed by atoms with Crippen molar-refractivity contribution < 1.29 is 43.7 Å². The summed E-state index contributed by atoms with van der Waals surface area (Å²) in [6.07, 6.45) is 0. The molecule has 2 aromatic carbocycles. The zero-order valence-corrected chi connectivity index (χ0v) is 18.3. The van der Waals surface area contributed by atoms with Crippen LogP contribution >= 0.6 is 11.6 Å². The van der Waals surface area contributed by atoms with E-state index in [0.717, 1.165) is 19.2 Å². The third-order valence-electron chi connectivity index (χ3n) is 4.29. The first-order chi connectivity index (χ1) is 14.8. The van der Waals surface area contributed by atoms with Gasteiger partial charge in [0.2, 0.25) is 0 Å². The van der Waals surface area contributed by atoms with Gasteiger partial charge in [-0.3, -0.25) is 4.31 Å². The quantitative estimate of drug-likeness (QED) is 0.344. The maximum atomic E-state index is 13.3. The molecule has 0 aliphatic carbocycles. The van der Waals surface area contributed by atoms with Gasteiger partial charge in [0, 0.05) is 10.6 Å². The average molecular weight is 512 g/mol. The molecule has 32 heavy (non-hydrogen) atoms. The van der Waals surface area contributed by atoms with Crippen LogP contribution in [-0.4, -0.2) is 39.7 Å². The zero-order chi connectivity index (χ0) is 23.9. The smallest absolute Gasteiger partial charge is 0.464 e. The van der Waals surface area contributed by atoms with E-state index in [9.17, 15) is 34.8 Å². The predicted molar refractivity (Wildman–Crippen MR) is 106 cm³/mol. The van der Waals surface area contributed by atoms with Gasteiger partial charge in [-0.1, -0.05) is 41.9 Å². The number of sulfonamides is 1. The van der Waals surface area contributed by atoms with Crippen molar-refractivity contribution in [1.82, 2.24) is 4.31 Å². The number of nitrogens with zero attached hydrogens (tertiary/aromatic N) is 1. The van der Waals surface area contributed by atoms with Crippen LogP contribution in [0.5, 0.6) is 0 Å². The summed E-state index contributed by atoms with van der Waals surface area (Å²) in [5, 5.41) is 0.0937. The van der Waals surface area contributed by atoms with E-state index >= 15 is 0 Å². The van der Waals surface area contributed by atoms with E-state index in [1.165, 1.54) is 30.3 Å². The Morgan fingerprint density at radius 1 is 1.09 bits per heavy atom. The lowest BCUT2D eigenvalue weighted by Gasteiger charge is -2.32. The second kappa shape index (κ2) is 8.30. The van der Waals surface area contributed by atoms with Gasteiger partial charge in [0.05, 0.1) is 18.6 Å². The number of halogens is 4. The van der Waals surface area contributed by atoms with Crippen molar-refractivity contribution in [2.45, 2.75) is 16.9 Å². The lowest BCUT2D eigenvalue weighted by molar-refractivity contribution is -0.137. The van der Waals surface area contributed by atoms with Crippen LogP contribution in [0, 0.1) is 0 Å². The summed E-state index contributed by atoms with van der Waals surface area (Å²) in [4.78, 5) is 11.9. The number of alkyl halides is 3. The van der Waals surface area contributed by atoms with Crippen LogP contribution in [-0.2, 0) is 40.4 Å². The molecule has 0 bridgehead atoms. The standard InChI is InChI=1S/C18H13ClF3NO7S2/c1-29-17(24)15-16(30-32(27,28)18(20,21)22)12-7-3-5-9-14(12)31(25,26)23(15)10-11-6-2-4-8-13(11)19/h2-9H,10H2,1H3. The minimum atomic E-state index is -6.27. The van der Waals surface area contributed by atoms with Crippen molar-refractivity contribution in [3.8, 4) is 0 Å². The number of methoxy groups -OCH3 is 1. The Morgan fingerprint density at radius 3 is 2.28 bits per heavy atom. The van der Waals surface area contributed by atoms with Crippen molar-refractivity contribution in [2.75, 3.05) is 7.11 Å². The SMILES string of the molecule is COC(=O)C1=C(OS(=O)(=O)C(F)(F)F)c2ccccc2S(=O)(=O)N1Cc1ccccc1Cl. The molecule has 0 saturated carbocycles. The van der Waals surface area contributed by atoms with Gasteiger partial charge in [-0.2, -0.15) is 21.6 Å². The number of benzene rings is 2. The minimum Gasteiger partial charge on any atom is -0.464 e. The summed E-state index contributed by atoms with van der Waals surface area (Å²) in [6, 6.07) is 10.4. The van der Waals surface area contributed by atoms with Crippen LogP contribution in [0.1, 0.15) is 11.1 Å². The number of rotatable bonds is 5. The number of hydrogen-bond donors (Lipinski definition) is 0. The topological polar surface area (TPSA) is 107 Å². The number of ether oxygens (including phenoxy) is 1. The van der Waals surface area contributed by atoms with E-state index in [-0.39, 0.29) is 10.6 Å². The summed E-state index contributed by atoms with van der Waals surface area (Å²) in [7, 11) is -10.00. The monoisotopic (exact) mass is 511 g/mol. The van der Waals surface area contributed by atoms with Gasteiger partial charge in [-0.05, 0) is 23.8 Å². The molecule has 8 nitrogen and oxygen atoms in total. The Bertz CT molecular complexity index is 1320. The molecule has 0 aromatic heterocycles. The van der Waals surface area contributed by atoms with Gasteiger partial charge in [-0.15, -0.1) is 0 Å². The molecule has 14 heteroatoms. The maximum absolute atomic E-state index is 13.3. The van der Waals surface area contributed by atoms with Gasteiger partial charge in [0.1, 0.15) is 0 Å². The molecule has 1 aliphatic rings. The molecule has 1 aliphatic heterocycles. The van der Waals surface area contributed by atoms with Crippen LogP contribution in [0.4, 0.5) is 13.2 Å². The Balaban J connectivity index is 2.35. The summed E-state index contributed by atoms with van der Waals surface area (Å²) in [5.74, 6) is -2.59. The first-order valence-corrected chi connectivity index (χ1v) is 11.7. The van der Waals surface area contributed by atoms with Gasteiger partial charge in [0.25, 0.3) is 10.0 Å². The van der Waals surface area contributed by atoms with E-state index < -0.39 is 60.1 Å². The van der Waals surface area contributed by atoms with Crippen LogP contribution < -0.4 is 0 Å². The van der Waals surface area contributed by atoms with Gasteiger partial charge in [0.15, 0.2) is 11.5 Å². The van der Waals surface area contributed by atoms with E-state index in [1.807, 2.05) is 0 Å². The minimum absolute atomic E-state index is 0.0937. The number of hydrogen-bond acceptors (Lipinski definition) is 7. The fourth-order valence-electron chi connectivity index (χ4n) is 2.84. The molecule has 0 fully saturated rings. The molecule has 0 saturated heterocycles. The molecule has 1 heterocycles. The molecular formula is C18H13ClF3NO7S2. The highest BCUT2D eigenvalue weighted by Crippen LogP contribution is 2.41. The summed E-state index contributed by atoms with van der Waals surface area (Å²) < 4.78 is 98.3. The van der Waals surface area contributed by atoms with Crippen molar-refractivity contribution in [3.63, 3.8) is 0 Å². The Kier molecular flexibility index (Phi) is 6.19. The lowest BCUT2D eigenvalue weighted by atomic mass is 10.1. The van der Waals surface area contributed by atoms with Crippen LogP contribution in [0.25, 0.3) is 5.76 Å². The van der Waals surface area contributed by atoms with Crippen LogP contribution in [0.2, 0.25) is 5.02 Å². The van der Waals surface area contributed by atoms with Crippen molar-refractivity contribution in [2.24, 2.45) is 0 Å². The second-order valence-corrected chi connectivity index (χ2v) is 10.0. The molecular weight excluding hydrogens is 499 g/mol. The van der Waals surface area contributed by atoms with Gasteiger partial charge < -0.3 is 8.92 Å². The number of carbonyl (C=O) groups is 1. The first kappa shape index (κ1) is 23.9. The molecule has 0 amide bonds. The molecule has 0 spiro atoms. The molecule has 0 N–H and O–H groups in total. The van der Waals surface area contributed by atoms with Crippen molar-refractivity contribution in [1.29, 1.82) is 0 Å². The Morgan fingerprint density at radius 2 is 1.69 bits per heavy atom. The van der Waals surface area contributed by atoms with E-state index in [0.29, 0.717) is 4.31 Å². The highest BCUT2D eigenvalue weighted by atomic mass is 35.5. The second-order valence-electron chi connectivity index (χ2n) is 6.25. The molecule has 3 rings (SSSR count). The largest absolute Gasteiger partial charge is 0.534 e. The number of carbonyl (C=O) groups excluding carboxylic acids is 1. The molecule has 0 unspecified atom stereocenters. The summed E-state index contributed by atoms with van der Waals surface area (Å²) in [5.41, 5.74) is -7.29. The molecule has 172 valence electrons. The lowest BCUT2D eigenvalue weighted by Crippen LogP contribution is -2.39. The molecule has 0 atom stereocenters. The zero-order valence-electron chi connectivity index (χ0n) is 16.0. The van der Waals surface area contributed by atoms with Crippen LogP contribution in [0.15, 0.2) is 59.1 Å². The average Bonchev–Trinajstić information content (AvgIpc) is 2.71. The molecule has 2 aromatic rings. The summed E-state index contributed by atoms with van der Waals surface area (Å²) in [6.45, 7) is -0.625. The number of esters is 1. The van der Waals surface area contributed by atoms with Gasteiger partial charge >= 0.3 is 21.6 Å². The van der Waals surface area contributed by atoms with Gasteiger partial charge in [-0.25, -0.2) is 13.2 Å². The van der Waals surface area contributed by atoms with E-state index in [4.69, 9.17) is 11.6 Å². The highest BCUT2D eigenvalue weighted by molar-refractivity contribution is 7.89. The van der Waals surface area contributed by atoms with E-state index in [2.05, 4.69) is 8.92 Å². The fourth-order valence-corrected chi connectivity index (χ4v) is 5.15. The first-order valence-electron chi connectivity index (χ1n) is 8.50. The highest BCUT2D eigenvalue weighted by Gasteiger charge is 2.51. The number of fused-ring (bicyclic) bond motifs is 1. The van der Waals surface area contributed by atoms with Crippen molar-refractivity contribution >= 4 is 43.5 Å². The van der Waals surface area contributed by atoms with Crippen molar-refractivity contribution in [3.05, 3.63) is 70.4 Å².